The van der Waals surface area contributed by atoms with Crippen molar-refractivity contribution in [3.63, 3.8) is 0 Å². The molecule has 2 rings (SSSR count). The first-order chi connectivity index (χ1) is 4.97. The highest BCUT2D eigenvalue weighted by atomic mass is 32.2. The quantitative estimate of drug-likeness (QED) is 0.598. The van der Waals surface area contributed by atoms with Gasteiger partial charge in [0.05, 0.1) is 0 Å². The summed E-state index contributed by atoms with van der Waals surface area (Å²) in [6, 6.07) is 0. The average Bonchev–Trinajstić information content (AvgIpc) is 2.59. The fraction of sp³-hybridized carbons (Fsp3) is 1.00. The molecule has 0 aromatic heterocycles. The van der Waals surface area contributed by atoms with Gasteiger partial charge in [0.25, 0.3) is 0 Å². The summed E-state index contributed by atoms with van der Waals surface area (Å²) in [6.07, 6.45) is 1.36. The van der Waals surface area contributed by atoms with Crippen molar-refractivity contribution in [3.8, 4) is 0 Å². The predicted molar refractivity (Wildman–Crippen MR) is 48.0 cm³/mol. The summed E-state index contributed by atoms with van der Waals surface area (Å²) >= 11 is 4.02. The van der Waals surface area contributed by atoms with Crippen molar-refractivity contribution >= 4 is 23.7 Å². The summed E-state index contributed by atoms with van der Waals surface area (Å²) in [6.45, 7) is 2.46. The van der Waals surface area contributed by atoms with Crippen molar-refractivity contribution in [2.75, 3.05) is 24.6 Å². The zero-order chi connectivity index (χ0) is 6.81. The molecular formula is C6H12N2S2. The van der Waals surface area contributed by atoms with E-state index in [1.165, 1.54) is 31.0 Å². The molecule has 2 heterocycles. The molecule has 2 fully saturated rings. The van der Waals surface area contributed by atoms with E-state index in [4.69, 9.17) is 0 Å². The molecule has 2 nitrogen and oxygen atoms in total. The van der Waals surface area contributed by atoms with Crippen LogP contribution in [0, 0.1) is 0 Å². The number of nitrogens with zero attached hydrogens (tertiary/aromatic N) is 1. The van der Waals surface area contributed by atoms with Gasteiger partial charge in [-0.05, 0) is 6.42 Å². The minimum Gasteiger partial charge on any atom is -0.292 e. The molecule has 2 saturated heterocycles. The highest BCUT2D eigenvalue weighted by Crippen LogP contribution is 2.29. The normalized spacial score (nSPS) is 35.4. The van der Waals surface area contributed by atoms with Gasteiger partial charge in [0.2, 0.25) is 0 Å². The number of hydrogen-bond acceptors (Lipinski definition) is 4. The standard InChI is InChI=1S/C6H12N2S2/c1-3-8(10-4-1)6-7-2-5-9-6/h6-7H,1-5H2. The lowest BCUT2D eigenvalue weighted by Gasteiger charge is -2.20. The summed E-state index contributed by atoms with van der Waals surface area (Å²) in [5.74, 6) is 2.60. The summed E-state index contributed by atoms with van der Waals surface area (Å²) in [5.41, 5.74) is 0.618. The fourth-order valence-electron chi connectivity index (χ4n) is 1.25. The third-order valence-corrected chi connectivity index (χ3v) is 4.24. The first kappa shape index (κ1) is 7.28. The molecule has 2 aliphatic rings. The first-order valence-electron chi connectivity index (χ1n) is 3.71. The molecule has 0 saturated carbocycles. The predicted octanol–water partition coefficient (Wildman–Crippen LogP) is 0.960. The summed E-state index contributed by atoms with van der Waals surface area (Å²) in [7, 11) is 0. The molecule has 0 radical (unpaired) electrons. The SMILES string of the molecule is C1CSN(C2NCCS2)C1. The molecule has 0 aromatic carbocycles. The van der Waals surface area contributed by atoms with E-state index in [1.807, 2.05) is 23.7 Å². The summed E-state index contributed by atoms with van der Waals surface area (Å²) < 4.78 is 2.47. The molecule has 10 heavy (non-hydrogen) atoms. The zero-order valence-electron chi connectivity index (χ0n) is 5.88. The smallest absolute Gasteiger partial charge is 0.117 e. The van der Waals surface area contributed by atoms with E-state index in [0.29, 0.717) is 5.50 Å². The van der Waals surface area contributed by atoms with Crippen LogP contribution in [0.2, 0.25) is 0 Å². The Morgan fingerprint density at radius 1 is 1.40 bits per heavy atom. The molecule has 1 unspecified atom stereocenters. The highest BCUT2D eigenvalue weighted by molar-refractivity contribution is 8.02. The Morgan fingerprint density at radius 2 is 2.40 bits per heavy atom. The maximum Gasteiger partial charge on any atom is 0.117 e. The fourth-order valence-corrected chi connectivity index (χ4v) is 3.54. The van der Waals surface area contributed by atoms with Crippen molar-refractivity contribution in [1.29, 1.82) is 0 Å². The van der Waals surface area contributed by atoms with Gasteiger partial charge in [-0.1, -0.05) is 11.9 Å². The molecule has 2 aliphatic heterocycles. The number of nitrogens with one attached hydrogen (secondary N) is 1. The van der Waals surface area contributed by atoms with Crippen LogP contribution in [0.25, 0.3) is 0 Å². The van der Waals surface area contributed by atoms with E-state index < -0.39 is 0 Å². The minimum atomic E-state index is 0.618. The Morgan fingerprint density at radius 3 is 3.00 bits per heavy atom. The van der Waals surface area contributed by atoms with Gasteiger partial charge in [-0.3, -0.25) is 5.32 Å². The van der Waals surface area contributed by atoms with Gasteiger partial charge >= 0.3 is 0 Å². The van der Waals surface area contributed by atoms with Crippen molar-refractivity contribution in [1.82, 2.24) is 9.62 Å². The maximum atomic E-state index is 3.47. The van der Waals surface area contributed by atoms with Crippen LogP contribution in [0.3, 0.4) is 0 Å². The molecule has 0 aromatic rings. The van der Waals surface area contributed by atoms with Gasteiger partial charge in [0.1, 0.15) is 5.50 Å². The van der Waals surface area contributed by atoms with Crippen LogP contribution in [-0.2, 0) is 0 Å². The van der Waals surface area contributed by atoms with Gasteiger partial charge in [0.15, 0.2) is 0 Å². The van der Waals surface area contributed by atoms with Crippen LogP contribution in [0.4, 0.5) is 0 Å². The molecule has 1 atom stereocenters. The van der Waals surface area contributed by atoms with E-state index in [2.05, 4.69) is 9.62 Å². The lowest BCUT2D eigenvalue weighted by atomic mass is 10.5. The van der Waals surface area contributed by atoms with E-state index in [0.717, 1.165) is 0 Å². The van der Waals surface area contributed by atoms with Crippen molar-refractivity contribution in [2.24, 2.45) is 0 Å². The van der Waals surface area contributed by atoms with Gasteiger partial charge in [-0.25, -0.2) is 4.31 Å². The van der Waals surface area contributed by atoms with Crippen molar-refractivity contribution in [3.05, 3.63) is 0 Å². The van der Waals surface area contributed by atoms with Crippen LogP contribution >= 0.6 is 23.7 Å². The number of rotatable bonds is 1. The molecule has 0 bridgehead atoms. The van der Waals surface area contributed by atoms with Crippen LogP contribution in [0.5, 0.6) is 0 Å². The second-order valence-electron chi connectivity index (χ2n) is 2.50. The summed E-state index contributed by atoms with van der Waals surface area (Å²) in [4.78, 5) is 0. The molecule has 0 spiro atoms. The van der Waals surface area contributed by atoms with E-state index in [-0.39, 0.29) is 0 Å². The van der Waals surface area contributed by atoms with Crippen LogP contribution in [-0.4, -0.2) is 34.4 Å². The molecule has 0 amide bonds. The Bertz CT molecular complexity index is 94.3. The minimum absolute atomic E-state index is 0.618. The topological polar surface area (TPSA) is 15.3 Å². The number of thioether (sulfide) groups is 1. The largest absolute Gasteiger partial charge is 0.292 e. The molecule has 4 heteroatoms. The van der Waals surface area contributed by atoms with E-state index in [1.54, 1.807) is 0 Å². The molecule has 1 N–H and O–H groups in total. The van der Waals surface area contributed by atoms with Crippen LogP contribution in [0.15, 0.2) is 0 Å². The zero-order valence-corrected chi connectivity index (χ0v) is 7.51. The van der Waals surface area contributed by atoms with Gasteiger partial charge < -0.3 is 0 Å². The third kappa shape index (κ3) is 1.44. The third-order valence-electron chi connectivity index (χ3n) is 1.74. The molecule has 58 valence electrons. The van der Waals surface area contributed by atoms with E-state index in [9.17, 15) is 0 Å². The lowest BCUT2D eigenvalue weighted by molar-refractivity contribution is 0.427. The Kier molecular flexibility index (Phi) is 2.43. The monoisotopic (exact) mass is 176 g/mol. The Hall–Kier alpha value is 0.620. The average molecular weight is 176 g/mol. The van der Waals surface area contributed by atoms with Gasteiger partial charge in [-0.15, -0.1) is 11.8 Å². The van der Waals surface area contributed by atoms with Crippen molar-refractivity contribution < 1.29 is 0 Å². The Labute approximate surface area is 70.2 Å². The van der Waals surface area contributed by atoms with Gasteiger partial charge in [0, 0.05) is 24.6 Å². The summed E-state index contributed by atoms with van der Waals surface area (Å²) in [5, 5.41) is 3.47. The second-order valence-corrected chi connectivity index (χ2v) is 4.83. The molecular weight excluding hydrogens is 164 g/mol. The van der Waals surface area contributed by atoms with Gasteiger partial charge in [-0.2, -0.15) is 0 Å². The van der Waals surface area contributed by atoms with E-state index >= 15 is 0 Å². The second kappa shape index (κ2) is 3.34. The van der Waals surface area contributed by atoms with Crippen LogP contribution in [0.1, 0.15) is 6.42 Å². The Balaban J connectivity index is 1.85. The highest BCUT2D eigenvalue weighted by Gasteiger charge is 2.25. The first-order valence-corrected chi connectivity index (χ1v) is 5.70. The molecule has 0 aliphatic carbocycles. The lowest BCUT2D eigenvalue weighted by Crippen LogP contribution is -2.33. The maximum absolute atomic E-state index is 3.47. The van der Waals surface area contributed by atoms with Crippen LogP contribution < -0.4 is 5.32 Å². The number of hydrogen-bond donors (Lipinski definition) is 1. The van der Waals surface area contributed by atoms with Crippen molar-refractivity contribution in [2.45, 2.75) is 11.9 Å².